The number of pyridine rings is 1. The highest BCUT2D eigenvalue weighted by Gasteiger charge is 2.10. The van der Waals surface area contributed by atoms with Crippen molar-refractivity contribution >= 4 is 15.9 Å². The van der Waals surface area contributed by atoms with Crippen LogP contribution < -0.4 is 4.74 Å². The lowest BCUT2D eigenvalue weighted by Gasteiger charge is -2.03. The predicted molar refractivity (Wildman–Crippen MR) is 38.5 cm³/mol. The van der Waals surface area contributed by atoms with Crippen molar-refractivity contribution in [3.8, 4) is 5.75 Å². The molecule has 0 unspecified atom stereocenters. The molecule has 0 N–H and O–H groups in total. The number of nitrogens with zero attached hydrogens (tertiary/aromatic N) is 1. The van der Waals surface area contributed by atoms with E-state index in [-0.39, 0.29) is 4.60 Å². The quantitative estimate of drug-likeness (QED) is 0.743. The average Bonchev–Trinajstić information content (AvgIpc) is 1.94. The minimum absolute atomic E-state index is 0.224. The van der Waals surface area contributed by atoms with E-state index >= 15 is 0 Å². The highest BCUT2D eigenvalue weighted by Crippen LogP contribution is 2.19. The molecule has 0 radical (unpaired) electrons. The molecular formula is C6H3BrF3NO. The zero-order chi connectivity index (χ0) is 9.14. The molecule has 0 aromatic carbocycles. The number of hydrogen-bond donors (Lipinski definition) is 0. The molecule has 0 atom stereocenters. The number of hydrogen-bond acceptors (Lipinski definition) is 2. The predicted octanol–water partition coefficient (Wildman–Crippen LogP) is 2.58. The van der Waals surface area contributed by atoms with Gasteiger partial charge in [-0.25, -0.2) is 4.98 Å². The lowest BCUT2D eigenvalue weighted by molar-refractivity contribution is -0.0526. The van der Waals surface area contributed by atoms with E-state index in [1.807, 2.05) is 0 Å². The minimum atomic E-state index is -3.04. The highest BCUT2D eigenvalue weighted by atomic mass is 79.9. The highest BCUT2D eigenvalue weighted by molar-refractivity contribution is 9.10. The summed E-state index contributed by atoms with van der Waals surface area (Å²) in [6.45, 7) is -3.04. The summed E-state index contributed by atoms with van der Waals surface area (Å²) in [5, 5.41) is 0. The van der Waals surface area contributed by atoms with Crippen molar-refractivity contribution in [3.05, 3.63) is 22.7 Å². The molecule has 0 fully saturated rings. The Kier molecular flexibility index (Phi) is 2.91. The van der Waals surface area contributed by atoms with Crippen LogP contribution in [0, 0.1) is 5.95 Å². The zero-order valence-corrected chi connectivity index (χ0v) is 7.19. The molecule has 1 rings (SSSR count). The van der Waals surface area contributed by atoms with Crippen LogP contribution in [0.4, 0.5) is 13.2 Å². The Hall–Kier alpha value is -0.780. The molecule has 0 saturated heterocycles. The van der Waals surface area contributed by atoms with Crippen LogP contribution in [0.5, 0.6) is 5.75 Å². The van der Waals surface area contributed by atoms with Gasteiger partial charge in [-0.2, -0.15) is 13.2 Å². The van der Waals surface area contributed by atoms with Crippen molar-refractivity contribution < 1.29 is 17.9 Å². The summed E-state index contributed by atoms with van der Waals surface area (Å²) in [5.74, 6) is -1.63. The summed E-state index contributed by atoms with van der Waals surface area (Å²) in [4.78, 5) is 3.22. The van der Waals surface area contributed by atoms with Gasteiger partial charge >= 0.3 is 6.61 Å². The maximum Gasteiger partial charge on any atom is 0.387 e. The molecule has 1 aromatic heterocycles. The van der Waals surface area contributed by atoms with Crippen molar-refractivity contribution in [2.75, 3.05) is 0 Å². The normalized spacial score (nSPS) is 10.4. The van der Waals surface area contributed by atoms with Gasteiger partial charge in [-0.1, -0.05) is 0 Å². The van der Waals surface area contributed by atoms with Gasteiger partial charge in [0.25, 0.3) is 5.95 Å². The van der Waals surface area contributed by atoms with E-state index in [9.17, 15) is 13.2 Å². The third-order valence-electron chi connectivity index (χ3n) is 0.997. The molecule has 0 spiro atoms. The summed E-state index contributed by atoms with van der Waals surface area (Å²) in [6.07, 6.45) is 0. The number of ether oxygens (including phenoxy) is 1. The zero-order valence-electron chi connectivity index (χ0n) is 5.60. The van der Waals surface area contributed by atoms with Crippen molar-refractivity contribution in [2.45, 2.75) is 6.61 Å². The Morgan fingerprint density at radius 1 is 1.42 bits per heavy atom. The first-order chi connectivity index (χ1) is 5.59. The van der Waals surface area contributed by atoms with Gasteiger partial charge in [0, 0.05) is 0 Å². The second kappa shape index (κ2) is 3.75. The molecule has 0 aliphatic carbocycles. The van der Waals surface area contributed by atoms with Crippen LogP contribution >= 0.6 is 15.9 Å². The molecule has 1 aromatic rings. The first kappa shape index (κ1) is 9.31. The van der Waals surface area contributed by atoms with Crippen LogP contribution in [-0.4, -0.2) is 11.6 Å². The Morgan fingerprint density at radius 2 is 2.08 bits per heavy atom. The van der Waals surface area contributed by atoms with E-state index in [1.54, 1.807) is 0 Å². The standard InChI is InChI=1S/C6H3BrF3NO/c7-4-2-1-3(5(8)11-4)12-6(9)10/h1-2,6H. The topological polar surface area (TPSA) is 22.1 Å². The maximum atomic E-state index is 12.6. The molecule has 2 nitrogen and oxygen atoms in total. The van der Waals surface area contributed by atoms with E-state index in [4.69, 9.17) is 0 Å². The lowest BCUT2D eigenvalue weighted by atomic mass is 10.4. The molecule has 0 amide bonds. The average molecular weight is 242 g/mol. The Morgan fingerprint density at radius 3 is 2.58 bits per heavy atom. The Labute approximate surface area is 74.5 Å². The SMILES string of the molecule is Fc1nc(Br)ccc1OC(F)F. The first-order valence-corrected chi connectivity index (χ1v) is 3.66. The van der Waals surface area contributed by atoms with Crippen molar-refractivity contribution in [1.82, 2.24) is 4.98 Å². The fraction of sp³-hybridized carbons (Fsp3) is 0.167. The largest absolute Gasteiger partial charge is 0.430 e. The molecule has 0 aliphatic rings. The summed E-state index contributed by atoms with van der Waals surface area (Å²) < 4.78 is 39.8. The molecule has 12 heavy (non-hydrogen) atoms. The van der Waals surface area contributed by atoms with Gasteiger partial charge in [0.2, 0.25) is 0 Å². The molecule has 66 valence electrons. The lowest BCUT2D eigenvalue weighted by Crippen LogP contribution is -2.04. The molecule has 0 saturated carbocycles. The van der Waals surface area contributed by atoms with E-state index in [1.165, 1.54) is 6.07 Å². The first-order valence-electron chi connectivity index (χ1n) is 2.86. The number of rotatable bonds is 2. The van der Waals surface area contributed by atoms with E-state index in [0.717, 1.165) is 6.07 Å². The van der Waals surface area contributed by atoms with E-state index in [2.05, 4.69) is 25.7 Å². The van der Waals surface area contributed by atoms with Gasteiger partial charge in [0.1, 0.15) is 4.60 Å². The Bertz CT molecular complexity index is 281. The van der Waals surface area contributed by atoms with Gasteiger partial charge in [0.15, 0.2) is 5.75 Å². The van der Waals surface area contributed by atoms with Crippen molar-refractivity contribution in [1.29, 1.82) is 0 Å². The van der Waals surface area contributed by atoms with Gasteiger partial charge in [-0.15, -0.1) is 0 Å². The molecule has 0 bridgehead atoms. The summed E-state index contributed by atoms with van der Waals surface area (Å²) in [6, 6.07) is 2.37. The van der Waals surface area contributed by atoms with Crippen molar-refractivity contribution in [2.24, 2.45) is 0 Å². The summed E-state index contributed by atoms with van der Waals surface area (Å²) in [7, 11) is 0. The fourth-order valence-corrected chi connectivity index (χ4v) is 0.871. The fourth-order valence-electron chi connectivity index (χ4n) is 0.583. The van der Waals surface area contributed by atoms with E-state index in [0.29, 0.717) is 0 Å². The third kappa shape index (κ3) is 2.37. The number of alkyl halides is 2. The van der Waals surface area contributed by atoms with Crippen LogP contribution in [0.25, 0.3) is 0 Å². The van der Waals surface area contributed by atoms with Gasteiger partial charge < -0.3 is 4.74 Å². The van der Waals surface area contributed by atoms with E-state index < -0.39 is 18.3 Å². The van der Waals surface area contributed by atoms with Crippen molar-refractivity contribution in [3.63, 3.8) is 0 Å². The summed E-state index contributed by atoms with van der Waals surface area (Å²) >= 11 is 2.87. The Balaban J connectivity index is 2.86. The number of halogens is 4. The van der Waals surface area contributed by atoms with Crippen LogP contribution in [0.2, 0.25) is 0 Å². The van der Waals surface area contributed by atoms with Gasteiger partial charge in [-0.05, 0) is 28.1 Å². The molecule has 1 heterocycles. The molecule has 0 aliphatic heterocycles. The molecular weight excluding hydrogens is 239 g/mol. The van der Waals surface area contributed by atoms with Crippen LogP contribution in [-0.2, 0) is 0 Å². The monoisotopic (exact) mass is 241 g/mol. The van der Waals surface area contributed by atoms with Gasteiger partial charge in [0.05, 0.1) is 0 Å². The maximum absolute atomic E-state index is 12.6. The number of aromatic nitrogens is 1. The van der Waals surface area contributed by atoms with Crippen LogP contribution in [0.15, 0.2) is 16.7 Å². The summed E-state index contributed by atoms with van der Waals surface area (Å²) in [5.41, 5.74) is 0. The van der Waals surface area contributed by atoms with Crippen LogP contribution in [0.3, 0.4) is 0 Å². The van der Waals surface area contributed by atoms with Crippen LogP contribution in [0.1, 0.15) is 0 Å². The molecule has 6 heteroatoms. The second-order valence-electron chi connectivity index (χ2n) is 1.80. The minimum Gasteiger partial charge on any atom is -0.430 e. The van der Waals surface area contributed by atoms with Gasteiger partial charge in [-0.3, -0.25) is 0 Å². The third-order valence-corrected chi connectivity index (χ3v) is 1.44. The second-order valence-corrected chi connectivity index (χ2v) is 2.61. The smallest absolute Gasteiger partial charge is 0.387 e.